The predicted octanol–water partition coefficient (Wildman–Crippen LogP) is 4.36. The van der Waals surface area contributed by atoms with E-state index in [-0.39, 0.29) is 18.3 Å². The summed E-state index contributed by atoms with van der Waals surface area (Å²) in [6, 6.07) is 15.2. The van der Waals surface area contributed by atoms with E-state index in [9.17, 15) is 9.59 Å². The van der Waals surface area contributed by atoms with Crippen molar-refractivity contribution < 1.29 is 13.9 Å². The number of carbonyl (C=O) groups excluding carboxylic acids is 1. The first kappa shape index (κ1) is 15.6. The lowest BCUT2D eigenvalue weighted by Crippen LogP contribution is -2.26. The molecule has 0 fully saturated rings. The number of para-hydroxylation sites is 1. The summed E-state index contributed by atoms with van der Waals surface area (Å²) in [5.74, 6) is 0.0761. The van der Waals surface area contributed by atoms with E-state index in [0.29, 0.717) is 28.2 Å². The number of carbonyl (C=O) groups is 1. The first-order valence-corrected chi connectivity index (χ1v) is 8.41. The van der Waals surface area contributed by atoms with E-state index in [0.717, 1.165) is 5.56 Å². The van der Waals surface area contributed by atoms with Crippen molar-refractivity contribution in [2.75, 3.05) is 0 Å². The van der Waals surface area contributed by atoms with Gasteiger partial charge in [0.05, 0.1) is 17.4 Å². The Hall–Kier alpha value is -2.88. The van der Waals surface area contributed by atoms with Crippen LogP contribution >= 0.6 is 0 Å². The Morgan fingerprint density at radius 2 is 1.72 bits per heavy atom. The normalized spacial score (nSPS) is 16.8. The highest BCUT2D eigenvalue weighted by atomic mass is 16.5. The monoisotopic (exact) mass is 334 g/mol. The Morgan fingerprint density at radius 1 is 1.00 bits per heavy atom. The first-order chi connectivity index (χ1) is 12.0. The first-order valence-electron chi connectivity index (χ1n) is 8.41. The Balaban J connectivity index is 1.91. The molecule has 0 bridgehead atoms. The predicted molar refractivity (Wildman–Crippen MR) is 95.1 cm³/mol. The molecule has 126 valence electrons. The second-order valence-corrected chi connectivity index (χ2v) is 6.68. The Kier molecular flexibility index (Phi) is 3.68. The summed E-state index contributed by atoms with van der Waals surface area (Å²) in [4.78, 5) is 24.8. The van der Waals surface area contributed by atoms with Gasteiger partial charge in [-0.2, -0.15) is 0 Å². The Labute approximate surface area is 145 Å². The van der Waals surface area contributed by atoms with Gasteiger partial charge < -0.3 is 9.15 Å². The SMILES string of the molecule is CC(C)c1ccc([C@H]2CC(=O)Oc3c2c(=O)oc2ccccc32)cc1. The number of rotatable bonds is 2. The maximum absolute atomic E-state index is 12.6. The van der Waals surface area contributed by atoms with Gasteiger partial charge in [0.25, 0.3) is 0 Å². The number of esters is 1. The molecule has 1 atom stereocenters. The largest absolute Gasteiger partial charge is 0.425 e. The lowest BCUT2D eigenvalue weighted by Gasteiger charge is -2.24. The molecule has 0 saturated carbocycles. The molecule has 0 aliphatic carbocycles. The number of hydrogen-bond acceptors (Lipinski definition) is 4. The van der Waals surface area contributed by atoms with Crippen LogP contribution in [0, 0.1) is 0 Å². The van der Waals surface area contributed by atoms with Gasteiger partial charge in [0, 0.05) is 5.92 Å². The molecule has 0 radical (unpaired) electrons. The third kappa shape index (κ3) is 2.64. The van der Waals surface area contributed by atoms with E-state index in [1.807, 2.05) is 30.3 Å². The number of fused-ring (bicyclic) bond motifs is 3. The molecule has 4 rings (SSSR count). The van der Waals surface area contributed by atoms with Crippen LogP contribution in [0.4, 0.5) is 0 Å². The average molecular weight is 334 g/mol. The zero-order valence-corrected chi connectivity index (χ0v) is 14.1. The standard InChI is InChI=1S/C21H18O4/c1-12(2)13-7-9-14(10-8-13)16-11-18(22)25-20-15-5-3-4-6-17(15)24-21(23)19(16)20/h3-10,12,16H,11H2,1-2H3/t16-/m1/s1. The van der Waals surface area contributed by atoms with Crippen molar-refractivity contribution in [1.29, 1.82) is 0 Å². The molecule has 1 aromatic heterocycles. The van der Waals surface area contributed by atoms with Crippen LogP contribution in [0.3, 0.4) is 0 Å². The molecule has 0 amide bonds. The van der Waals surface area contributed by atoms with Gasteiger partial charge in [-0.1, -0.05) is 50.2 Å². The van der Waals surface area contributed by atoms with Crippen LogP contribution in [-0.4, -0.2) is 5.97 Å². The second kappa shape index (κ2) is 5.88. The summed E-state index contributed by atoms with van der Waals surface area (Å²) >= 11 is 0. The van der Waals surface area contributed by atoms with E-state index in [4.69, 9.17) is 9.15 Å². The summed E-state index contributed by atoms with van der Waals surface area (Å²) in [5, 5.41) is 0.647. The van der Waals surface area contributed by atoms with Crippen LogP contribution in [0.25, 0.3) is 11.0 Å². The molecule has 0 unspecified atom stereocenters. The summed E-state index contributed by atoms with van der Waals surface area (Å²) in [5.41, 5.74) is 2.54. The molecular weight excluding hydrogens is 316 g/mol. The Morgan fingerprint density at radius 3 is 2.44 bits per heavy atom. The molecule has 4 heteroatoms. The van der Waals surface area contributed by atoms with Gasteiger partial charge >= 0.3 is 11.6 Å². The van der Waals surface area contributed by atoms with Crippen LogP contribution in [0.2, 0.25) is 0 Å². The van der Waals surface area contributed by atoms with Crippen LogP contribution in [0.5, 0.6) is 5.75 Å². The molecule has 1 aliphatic heterocycles. The van der Waals surface area contributed by atoms with E-state index in [1.54, 1.807) is 18.2 Å². The third-order valence-electron chi connectivity index (χ3n) is 4.74. The van der Waals surface area contributed by atoms with Crippen molar-refractivity contribution in [2.45, 2.75) is 32.1 Å². The summed E-state index contributed by atoms with van der Waals surface area (Å²) in [6.07, 6.45) is 0.136. The van der Waals surface area contributed by atoms with Crippen LogP contribution < -0.4 is 10.4 Å². The van der Waals surface area contributed by atoms with Crippen molar-refractivity contribution in [3.63, 3.8) is 0 Å². The minimum atomic E-state index is -0.445. The number of hydrogen-bond donors (Lipinski definition) is 0. The lowest BCUT2D eigenvalue weighted by atomic mass is 9.86. The molecule has 0 N–H and O–H groups in total. The quantitative estimate of drug-likeness (QED) is 0.516. The van der Waals surface area contributed by atoms with Gasteiger partial charge in [0.2, 0.25) is 0 Å². The minimum Gasteiger partial charge on any atom is -0.425 e. The van der Waals surface area contributed by atoms with E-state index in [1.165, 1.54) is 5.56 Å². The van der Waals surface area contributed by atoms with Crippen LogP contribution in [0.1, 0.15) is 48.8 Å². The van der Waals surface area contributed by atoms with Crippen LogP contribution in [0.15, 0.2) is 57.7 Å². The van der Waals surface area contributed by atoms with Crippen molar-refractivity contribution in [1.82, 2.24) is 0 Å². The van der Waals surface area contributed by atoms with E-state index >= 15 is 0 Å². The van der Waals surface area contributed by atoms with Crippen molar-refractivity contribution >= 4 is 16.9 Å². The maximum Gasteiger partial charge on any atom is 0.343 e. The highest BCUT2D eigenvalue weighted by molar-refractivity contribution is 5.90. The minimum absolute atomic E-state index is 0.136. The molecular formula is C21H18O4. The number of benzene rings is 2. The fourth-order valence-electron chi connectivity index (χ4n) is 3.37. The molecule has 2 heterocycles. The third-order valence-corrected chi connectivity index (χ3v) is 4.74. The van der Waals surface area contributed by atoms with Crippen molar-refractivity contribution in [2.24, 2.45) is 0 Å². The Bertz CT molecular complexity index is 1010. The summed E-state index contributed by atoms with van der Waals surface area (Å²) in [7, 11) is 0. The smallest absolute Gasteiger partial charge is 0.343 e. The number of ether oxygens (including phenoxy) is 1. The van der Waals surface area contributed by atoms with Gasteiger partial charge in [-0.15, -0.1) is 0 Å². The average Bonchev–Trinajstić information content (AvgIpc) is 2.61. The highest BCUT2D eigenvalue weighted by Gasteiger charge is 2.33. The molecule has 1 aliphatic rings. The van der Waals surface area contributed by atoms with Crippen LogP contribution in [-0.2, 0) is 4.79 Å². The molecule has 4 nitrogen and oxygen atoms in total. The summed E-state index contributed by atoms with van der Waals surface area (Å²) < 4.78 is 10.9. The van der Waals surface area contributed by atoms with Gasteiger partial charge in [0.15, 0.2) is 5.75 Å². The zero-order chi connectivity index (χ0) is 17.6. The van der Waals surface area contributed by atoms with E-state index < -0.39 is 5.63 Å². The van der Waals surface area contributed by atoms with Gasteiger partial charge in [0.1, 0.15) is 5.58 Å². The molecule has 2 aromatic carbocycles. The summed E-state index contributed by atoms with van der Waals surface area (Å²) in [6.45, 7) is 4.26. The van der Waals surface area contributed by atoms with Gasteiger partial charge in [-0.05, 0) is 29.2 Å². The fraction of sp³-hybridized carbons (Fsp3) is 0.238. The van der Waals surface area contributed by atoms with Gasteiger partial charge in [-0.3, -0.25) is 4.79 Å². The van der Waals surface area contributed by atoms with Crippen molar-refractivity contribution in [3.8, 4) is 5.75 Å². The fourth-order valence-corrected chi connectivity index (χ4v) is 3.37. The van der Waals surface area contributed by atoms with Crippen molar-refractivity contribution in [3.05, 3.63) is 75.6 Å². The second-order valence-electron chi connectivity index (χ2n) is 6.68. The lowest BCUT2D eigenvalue weighted by molar-refractivity contribution is -0.135. The highest BCUT2D eigenvalue weighted by Crippen LogP contribution is 2.40. The zero-order valence-electron chi connectivity index (χ0n) is 14.1. The molecule has 3 aromatic rings. The molecule has 0 spiro atoms. The topological polar surface area (TPSA) is 56.5 Å². The van der Waals surface area contributed by atoms with E-state index in [2.05, 4.69) is 13.8 Å². The molecule has 25 heavy (non-hydrogen) atoms. The van der Waals surface area contributed by atoms with Gasteiger partial charge in [-0.25, -0.2) is 4.79 Å². The maximum atomic E-state index is 12.6. The molecule has 0 saturated heterocycles.